The third-order valence-corrected chi connectivity index (χ3v) is 1.99. The summed E-state index contributed by atoms with van der Waals surface area (Å²) in [6.45, 7) is 1.86. The van der Waals surface area contributed by atoms with Crippen molar-refractivity contribution in [3.05, 3.63) is 30.5 Å². The molecule has 0 atom stereocenters. The summed E-state index contributed by atoms with van der Waals surface area (Å²) in [7, 11) is 0. The maximum Gasteiger partial charge on any atom is 0.141 e. The first-order valence-electron chi connectivity index (χ1n) is 4.38. The normalized spacial score (nSPS) is 11.2. The number of hydrogen-bond donors (Lipinski definition) is 1. The summed E-state index contributed by atoms with van der Waals surface area (Å²) in [6, 6.07) is 7.11. The van der Waals surface area contributed by atoms with E-state index < -0.39 is 0 Å². The molecule has 1 N–H and O–H groups in total. The van der Waals surface area contributed by atoms with Gasteiger partial charge in [0.2, 0.25) is 0 Å². The van der Waals surface area contributed by atoms with Crippen molar-refractivity contribution in [3.8, 4) is 5.75 Å². The molecule has 1 aromatic heterocycles. The number of nitrogens with zero attached hydrogens (tertiary/aromatic N) is 2. The van der Waals surface area contributed by atoms with Gasteiger partial charge in [-0.05, 0) is 31.2 Å². The molecule has 0 aliphatic rings. The molecule has 0 aliphatic carbocycles. The molecular weight excluding hydrogens is 176 g/mol. The molecule has 1 heterocycles. The monoisotopic (exact) mass is 186 g/mol. The van der Waals surface area contributed by atoms with Crippen LogP contribution in [0.3, 0.4) is 0 Å². The Morgan fingerprint density at radius 3 is 3.00 bits per heavy atom. The molecule has 0 spiro atoms. The zero-order valence-corrected chi connectivity index (χ0v) is 7.81. The molecule has 70 valence electrons. The number of benzene rings is 1. The van der Waals surface area contributed by atoms with Crippen LogP contribution in [-0.4, -0.2) is 16.3 Å². The first kappa shape index (κ1) is 8.69. The fourth-order valence-electron chi connectivity index (χ4n) is 1.39. The van der Waals surface area contributed by atoms with Crippen molar-refractivity contribution in [1.82, 2.24) is 4.98 Å². The fourth-order valence-corrected chi connectivity index (χ4v) is 1.39. The predicted octanol–water partition coefficient (Wildman–Crippen LogP) is 2.66. The highest BCUT2D eigenvalue weighted by atomic mass is 16.3. The van der Waals surface area contributed by atoms with E-state index in [9.17, 15) is 5.11 Å². The number of aromatic hydroxyl groups is 1. The van der Waals surface area contributed by atoms with Crippen LogP contribution in [0.4, 0.5) is 5.69 Å². The van der Waals surface area contributed by atoms with Gasteiger partial charge in [0, 0.05) is 17.8 Å². The first-order valence-corrected chi connectivity index (χ1v) is 4.38. The highest BCUT2D eigenvalue weighted by Crippen LogP contribution is 2.30. The van der Waals surface area contributed by atoms with Crippen LogP contribution in [0.2, 0.25) is 0 Å². The van der Waals surface area contributed by atoms with Crippen molar-refractivity contribution in [2.75, 3.05) is 0 Å². The van der Waals surface area contributed by atoms with Gasteiger partial charge < -0.3 is 5.11 Å². The molecule has 0 unspecified atom stereocenters. The molecular formula is C11H10N2O. The van der Waals surface area contributed by atoms with Gasteiger partial charge in [-0.2, -0.15) is 0 Å². The van der Waals surface area contributed by atoms with E-state index in [-0.39, 0.29) is 5.75 Å². The van der Waals surface area contributed by atoms with Gasteiger partial charge in [0.25, 0.3) is 0 Å². The smallest absolute Gasteiger partial charge is 0.141 e. The average Bonchev–Trinajstić information content (AvgIpc) is 2.23. The lowest BCUT2D eigenvalue weighted by atomic mass is 10.1. The molecule has 14 heavy (non-hydrogen) atoms. The summed E-state index contributed by atoms with van der Waals surface area (Å²) >= 11 is 0. The second-order valence-corrected chi connectivity index (χ2v) is 2.89. The van der Waals surface area contributed by atoms with Crippen LogP contribution in [0.1, 0.15) is 6.92 Å². The van der Waals surface area contributed by atoms with E-state index in [1.807, 2.05) is 19.1 Å². The Hall–Kier alpha value is -1.90. The van der Waals surface area contributed by atoms with Crippen molar-refractivity contribution in [1.29, 1.82) is 0 Å². The van der Waals surface area contributed by atoms with E-state index >= 15 is 0 Å². The minimum absolute atomic E-state index is 0.190. The van der Waals surface area contributed by atoms with E-state index in [1.165, 1.54) is 0 Å². The molecule has 3 heteroatoms. The molecule has 0 aliphatic heterocycles. The second-order valence-electron chi connectivity index (χ2n) is 2.89. The predicted molar refractivity (Wildman–Crippen MR) is 57.2 cm³/mol. The molecule has 0 bridgehead atoms. The molecule has 3 nitrogen and oxygen atoms in total. The lowest BCUT2D eigenvalue weighted by molar-refractivity contribution is 0.480. The molecule has 0 fully saturated rings. The van der Waals surface area contributed by atoms with Crippen molar-refractivity contribution in [2.45, 2.75) is 6.92 Å². The summed E-state index contributed by atoms with van der Waals surface area (Å²) in [5.74, 6) is 0.190. The lowest BCUT2D eigenvalue weighted by Gasteiger charge is -2.02. The lowest BCUT2D eigenvalue weighted by Crippen LogP contribution is -1.79. The Bertz CT molecular complexity index is 492. The highest BCUT2D eigenvalue weighted by molar-refractivity contribution is 5.94. The summed E-state index contributed by atoms with van der Waals surface area (Å²) in [4.78, 5) is 8.30. The third kappa shape index (κ3) is 1.33. The van der Waals surface area contributed by atoms with E-state index in [2.05, 4.69) is 9.98 Å². The maximum absolute atomic E-state index is 9.55. The molecule has 2 rings (SSSR count). The number of phenols is 1. The topological polar surface area (TPSA) is 45.5 Å². The number of aromatic nitrogens is 1. The van der Waals surface area contributed by atoms with Crippen molar-refractivity contribution >= 4 is 22.8 Å². The van der Waals surface area contributed by atoms with Gasteiger partial charge in [0.05, 0.1) is 5.69 Å². The first-order chi connectivity index (χ1) is 6.83. The van der Waals surface area contributed by atoms with Crippen LogP contribution >= 0.6 is 0 Å². The Labute approximate surface area is 81.8 Å². The van der Waals surface area contributed by atoms with Crippen LogP contribution in [0.5, 0.6) is 5.75 Å². The molecule has 0 saturated carbocycles. The standard InChI is InChI=1S/C11H10N2O/c1-2-12-9-5-6-10(14)11-8(9)4-3-7-13-11/h2-7,14H,1H3. The Balaban J connectivity index is 2.81. The zero-order valence-electron chi connectivity index (χ0n) is 7.81. The molecule has 0 radical (unpaired) electrons. The summed E-state index contributed by atoms with van der Waals surface area (Å²) < 4.78 is 0. The van der Waals surface area contributed by atoms with Crippen LogP contribution in [0.15, 0.2) is 35.5 Å². The summed E-state index contributed by atoms with van der Waals surface area (Å²) in [5.41, 5.74) is 1.42. The van der Waals surface area contributed by atoms with E-state index in [1.54, 1.807) is 24.5 Å². The second kappa shape index (κ2) is 3.46. The summed E-state index contributed by atoms with van der Waals surface area (Å²) in [5, 5.41) is 10.4. The van der Waals surface area contributed by atoms with Crippen LogP contribution in [0.25, 0.3) is 10.9 Å². The Morgan fingerprint density at radius 2 is 2.21 bits per heavy atom. The third-order valence-electron chi connectivity index (χ3n) is 1.99. The minimum atomic E-state index is 0.190. The zero-order chi connectivity index (χ0) is 9.97. The number of pyridine rings is 1. The largest absolute Gasteiger partial charge is 0.506 e. The quantitative estimate of drug-likeness (QED) is 0.696. The molecule has 2 aromatic rings. The van der Waals surface area contributed by atoms with Crippen molar-refractivity contribution in [2.24, 2.45) is 4.99 Å². The average molecular weight is 186 g/mol. The van der Waals surface area contributed by atoms with Crippen LogP contribution in [0, 0.1) is 0 Å². The van der Waals surface area contributed by atoms with E-state index in [4.69, 9.17) is 0 Å². The van der Waals surface area contributed by atoms with Gasteiger partial charge >= 0.3 is 0 Å². The Kier molecular flexibility index (Phi) is 2.14. The number of aliphatic imine (C=N–C) groups is 1. The van der Waals surface area contributed by atoms with Gasteiger partial charge in [-0.15, -0.1) is 0 Å². The van der Waals surface area contributed by atoms with E-state index in [0.717, 1.165) is 11.1 Å². The number of rotatable bonds is 1. The highest BCUT2D eigenvalue weighted by Gasteiger charge is 2.03. The van der Waals surface area contributed by atoms with Crippen molar-refractivity contribution in [3.63, 3.8) is 0 Å². The number of phenolic OH excluding ortho intramolecular Hbond substituents is 1. The van der Waals surface area contributed by atoms with Gasteiger partial charge in [0.15, 0.2) is 0 Å². The SMILES string of the molecule is CC=Nc1ccc(O)c2ncccc12. The summed E-state index contributed by atoms with van der Waals surface area (Å²) in [6.07, 6.45) is 3.38. The van der Waals surface area contributed by atoms with Gasteiger partial charge in [0.1, 0.15) is 11.3 Å². The van der Waals surface area contributed by atoms with Crippen molar-refractivity contribution < 1.29 is 5.11 Å². The molecule has 1 aromatic carbocycles. The van der Waals surface area contributed by atoms with Gasteiger partial charge in [-0.1, -0.05) is 0 Å². The molecule has 0 saturated heterocycles. The maximum atomic E-state index is 9.55. The van der Waals surface area contributed by atoms with E-state index in [0.29, 0.717) is 5.52 Å². The van der Waals surface area contributed by atoms with Crippen LogP contribution < -0.4 is 0 Å². The fraction of sp³-hybridized carbons (Fsp3) is 0.0909. The van der Waals surface area contributed by atoms with Gasteiger partial charge in [-0.25, -0.2) is 0 Å². The molecule has 0 amide bonds. The number of hydrogen-bond acceptors (Lipinski definition) is 3. The van der Waals surface area contributed by atoms with Crippen LogP contribution in [-0.2, 0) is 0 Å². The number of fused-ring (bicyclic) bond motifs is 1. The minimum Gasteiger partial charge on any atom is -0.506 e. The Morgan fingerprint density at radius 1 is 1.36 bits per heavy atom. The van der Waals surface area contributed by atoms with Gasteiger partial charge in [-0.3, -0.25) is 9.98 Å².